The highest BCUT2D eigenvalue weighted by Crippen LogP contribution is 2.26. The molecule has 169 valence electrons. The summed E-state index contributed by atoms with van der Waals surface area (Å²) < 4.78 is 8.70. The number of pyridine rings is 1. The predicted octanol–water partition coefficient (Wildman–Crippen LogP) is -0.112. The van der Waals surface area contributed by atoms with Gasteiger partial charge in [0.15, 0.2) is 5.65 Å². The van der Waals surface area contributed by atoms with E-state index < -0.39 is 14.9 Å². The number of carbonyl (C=O) groups excluding carboxylic acids is 2. The predicted molar refractivity (Wildman–Crippen MR) is 123 cm³/mol. The van der Waals surface area contributed by atoms with Crippen LogP contribution in [-0.4, -0.2) is 82.7 Å². The maximum Gasteiger partial charge on any atom is 0.255 e. The number of hydrogen-bond donors (Lipinski definition) is 2. The Hall–Kier alpha value is -3.95. The number of nitrogens with zero attached hydrogens (tertiary/aromatic N) is 6. The summed E-state index contributed by atoms with van der Waals surface area (Å²) in [7, 11) is 1.88. The fourth-order valence-corrected chi connectivity index (χ4v) is 6.77. The molecule has 0 spiro atoms. The second-order valence-corrected chi connectivity index (χ2v) is 9.66. The third-order valence-electron chi connectivity index (χ3n) is 5.35. The Balaban J connectivity index is 1.72. The van der Waals surface area contributed by atoms with Crippen LogP contribution in [0.1, 0.15) is 21.6 Å². The molecule has 0 aromatic carbocycles. The second-order valence-electron chi connectivity index (χ2n) is 7.38. The zero-order valence-electron chi connectivity index (χ0n) is 18.3. The van der Waals surface area contributed by atoms with Crippen molar-refractivity contribution in [1.29, 1.82) is 0 Å². The van der Waals surface area contributed by atoms with E-state index in [2.05, 4.69) is 38.9 Å². The van der Waals surface area contributed by atoms with E-state index in [1.54, 1.807) is 40.2 Å². The summed E-state index contributed by atoms with van der Waals surface area (Å²) in [6.07, 6.45) is 4.99. The van der Waals surface area contributed by atoms with Gasteiger partial charge in [0.2, 0.25) is 14.9 Å². The molecule has 3 aromatic rings. The first kappa shape index (κ1) is 22.2. The number of hydrogen-bond acceptors (Lipinski definition) is 7. The minimum atomic E-state index is -1.42. The lowest BCUT2D eigenvalue weighted by Crippen LogP contribution is -2.38. The van der Waals surface area contributed by atoms with Crippen molar-refractivity contribution in [3.8, 4) is 11.8 Å². The van der Waals surface area contributed by atoms with Crippen LogP contribution >= 0.6 is 0 Å². The molecular formula is C21H23N8O3Si. The van der Waals surface area contributed by atoms with Gasteiger partial charge in [0.1, 0.15) is 23.4 Å². The van der Waals surface area contributed by atoms with Crippen molar-refractivity contribution in [2.75, 3.05) is 32.2 Å². The summed E-state index contributed by atoms with van der Waals surface area (Å²) in [6.45, 7) is 4.00. The summed E-state index contributed by atoms with van der Waals surface area (Å²) in [6, 6.07) is 4.22. The molecule has 1 radical (unpaired) electrons. The molecule has 2 amide bonds. The van der Waals surface area contributed by atoms with Crippen molar-refractivity contribution in [2.24, 2.45) is 5.73 Å². The SMILES string of the molecule is C=CC(=O)N1C[Si](n2nc(C#Cc3ccc4ncnn4c3)c(C(N)=O)c2NC)C[C@@H]1COC. The maximum atomic E-state index is 12.4. The molecule has 0 saturated carbocycles. The summed E-state index contributed by atoms with van der Waals surface area (Å²) >= 11 is 0. The highest BCUT2D eigenvalue weighted by atomic mass is 28.3. The van der Waals surface area contributed by atoms with Crippen LogP contribution in [0.5, 0.6) is 0 Å². The number of primary amides is 1. The number of rotatable bonds is 6. The molecular weight excluding hydrogens is 440 g/mol. The Morgan fingerprint density at radius 1 is 1.42 bits per heavy atom. The molecule has 0 unspecified atom stereocenters. The van der Waals surface area contributed by atoms with Crippen LogP contribution in [-0.2, 0) is 9.53 Å². The number of aromatic nitrogens is 5. The van der Waals surface area contributed by atoms with Crippen LogP contribution in [0.3, 0.4) is 0 Å². The Morgan fingerprint density at radius 2 is 2.24 bits per heavy atom. The highest BCUT2D eigenvalue weighted by Gasteiger charge is 2.39. The Kier molecular flexibility index (Phi) is 6.25. The quantitative estimate of drug-likeness (QED) is 0.296. The van der Waals surface area contributed by atoms with Crippen molar-refractivity contribution in [2.45, 2.75) is 12.1 Å². The Bertz CT molecular complexity index is 1290. The molecule has 0 bridgehead atoms. The third-order valence-corrected chi connectivity index (χ3v) is 7.92. The summed E-state index contributed by atoms with van der Waals surface area (Å²) in [5.41, 5.74) is 7.58. The normalized spacial score (nSPS) is 15.9. The molecule has 3 aromatic heterocycles. The number of ether oxygens (including phenoxy) is 1. The van der Waals surface area contributed by atoms with E-state index >= 15 is 0 Å². The van der Waals surface area contributed by atoms with Gasteiger partial charge in [-0.25, -0.2) is 9.50 Å². The lowest BCUT2D eigenvalue weighted by Gasteiger charge is -2.22. The fraction of sp³-hybridized carbons (Fsp3) is 0.286. The van der Waals surface area contributed by atoms with E-state index in [9.17, 15) is 9.59 Å². The van der Waals surface area contributed by atoms with Gasteiger partial charge in [-0.1, -0.05) is 12.5 Å². The van der Waals surface area contributed by atoms with Crippen LogP contribution in [0.2, 0.25) is 6.04 Å². The molecule has 1 aliphatic heterocycles. The summed E-state index contributed by atoms with van der Waals surface area (Å²) in [5.74, 6) is 5.71. The minimum Gasteiger partial charge on any atom is -0.383 e. The number of carbonyl (C=O) groups is 2. The number of anilines is 1. The van der Waals surface area contributed by atoms with Crippen LogP contribution in [0.25, 0.3) is 5.65 Å². The van der Waals surface area contributed by atoms with E-state index in [-0.39, 0.29) is 23.2 Å². The second kappa shape index (κ2) is 9.27. The topological polar surface area (TPSA) is 133 Å². The smallest absolute Gasteiger partial charge is 0.255 e. The average molecular weight is 464 g/mol. The first-order valence-electron chi connectivity index (χ1n) is 10.2. The molecule has 4 heterocycles. The largest absolute Gasteiger partial charge is 0.383 e. The fourth-order valence-electron chi connectivity index (χ4n) is 3.86. The number of nitrogens with one attached hydrogen (secondary N) is 1. The van der Waals surface area contributed by atoms with E-state index in [4.69, 9.17) is 10.5 Å². The van der Waals surface area contributed by atoms with Crippen molar-refractivity contribution < 1.29 is 14.3 Å². The van der Waals surface area contributed by atoms with Gasteiger partial charge in [0.25, 0.3) is 5.91 Å². The lowest BCUT2D eigenvalue weighted by atomic mass is 10.2. The molecule has 12 heteroatoms. The Labute approximate surface area is 191 Å². The van der Waals surface area contributed by atoms with Gasteiger partial charge in [0, 0.05) is 32.1 Å². The first-order chi connectivity index (χ1) is 16.0. The van der Waals surface area contributed by atoms with E-state index in [1.807, 2.05) is 6.07 Å². The van der Waals surface area contributed by atoms with Gasteiger partial charge in [-0.15, -0.1) is 0 Å². The molecule has 33 heavy (non-hydrogen) atoms. The minimum absolute atomic E-state index is 0.0933. The van der Waals surface area contributed by atoms with Crippen molar-refractivity contribution >= 4 is 32.2 Å². The van der Waals surface area contributed by atoms with Gasteiger partial charge < -0.3 is 20.7 Å². The zero-order chi connectivity index (χ0) is 23.5. The van der Waals surface area contributed by atoms with Gasteiger partial charge in [-0.2, -0.15) is 10.2 Å². The molecule has 0 aliphatic carbocycles. The summed E-state index contributed by atoms with van der Waals surface area (Å²) in [5, 5.41) is 11.8. The third kappa shape index (κ3) is 4.23. The number of amides is 2. The maximum absolute atomic E-state index is 12.4. The van der Waals surface area contributed by atoms with Crippen LogP contribution in [0, 0.1) is 11.8 Å². The highest BCUT2D eigenvalue weighted by molar-refractivity contribution is 6.59. The first-order valence-corrected chi connectivity index (χ1v) is 12.0. The molecule has 4 rings (SSSR count). The van der Waals surface area contributed by atoms with Gasteiger partial charge >= 0.3 is 0 Å². The Morgan fingerprint density at radius 3 is 2.94 bits per heavy atom. The standard InChI is InChI=1S/C21H23N8O3Si/c1-4-18(30)27-13-33(11-15(27)10-32-3)29-21(23-2)19(20(22)31)16(26-29)7-5-14-6-8-17-24-12-25-28(17)9-14/h4,6,8-9,12,15,23H,1,10-11,13H2,2-3H3,(H2,22,31)/t15-/m0/s1. The molecule has 1 fully saturated rings. The van der Waals surface area contributed by atoms with E-state index in [1.165, 1.54) is 12.4 Å². The number of fused-ring (bicyclic) bond motifs is 1. The molecule has 1 atom stereocenters. The number of nitrogens with two attached hydrogens (primary N) is 1. The zero-order valence-corrected chi connectivity index (χ0v) is 19.3. The van der Waals surface area contributed by atoms with Crippen LogP contribution < -0.4 is 11.1 Å². The van der Waals surface area contributed by atoms with Crippen molar-refractivity contribution in [1.82, 2.24) is 28.9 Å². The summed E-state index contributed by atoms with van der Waals surface area (Å²) in [4.78, 5) is 30.5. The monoisotopic (exact) mass is 463 g/mol. The molecule has 1 aliphatic rings. The van der Waals surface area contributed by atoms with Crippen LogP contribution in [0.15, 0.2) is 37.3 Å². The van der Waals surface area contributed by atoms with Gasteiger partial charge in [-0.05, 0) is 30.2 Å². The molecule has 1 saturated heterocycles. The van der Waals surface area contributed by atoms with Gasteiger partial charge in [-0.3, -0.25) is 13.9 Å². The molecule has 3 N–H and O–H groups in total. The van der Waals surface area contributed by atoms with E-state index in [0.29, 0.717) is 35.8 Å². The van der Waals surface area contributed by atoms with Gasteiger partial charge in [0.05, 0.1) is 12.6 Å². The van der Waals surface area contributed by atoms with E-state index in [0.717, 1.165) is 0 Å². The molecule has 11 nitrogen and oxygen atoms in total. The van der Waals surface area contributed by atoms with Crippen LogP contribution in [0.4, 0.5) is 5.82 Å². The lowest BCUT2D eigenvalue weighted by molar-refractivity contribution is -0.127. The average Bonchev–Trinajstić information content (AvgIpc) is 3.53. The number of methoxy groups -OCH3 is 1. The van der Waals surface area contributed by atoms with Crippen molar-refractivity contribution in [3.63, 3.8) is 0 Å². The van der Waals surface area contributed by atoms with Crippen molar-refractivity contribution in [3.05, 3.63) is 54.1 Å².